The van der Waals surface area contributed by atoms with Gasteiger partial charge in [-0.05, 0) is 17.7 Å². The Morgan fingerprint density at radius 1 is 1.31 bits per heavy atom. The largest absolute Gasteiger partial charge is 0.369 e. The summed E-state index contributed by atoms with van der Waals surface area (Å²) in [5.74, 6) is -1.84. The van der Waals surface area contributed by atoms with E-state index in [1.807, 2.05) is 0 Å². The van der Waals surface area contributed by atoms with Crippen LogP contribution in [0.1, 0.15) is 11.7 Å². The van der Waals surface area contributed by atoms with E-state index in [1.165, 1.54) is 35.8 Å². The van der Waals surface area contributed by atoms with E-state index in [0.717, 1.165) is 4.90 Å². The number of imide groups is 1. The molecule has 4 atom stereocenters. The van der Waals surface area contributed by atoms with Gasteiger partial charge in [0.2, 0.25) is 11.8 Å². The first kappa shape index (κ1) is 18.6. The van der Waals surface area contributed by atoms with E-state index in [4.69, 9.17) is 5.73 Å². The van der Waals surface area contributed by atoms with E-state index >= 15 is 0 Å². The molecular weight excluding hydrogens is 361 g/mol. The molecule has 1 aromatic rings. The molecule has 0 bridgehead atoms. The minimum absolute atomic E-state index is 0.0193. The highest BCUT2D eigenvalue weighted by atomic mass is 32.2. The van der Waals surface area contributed by atoms with Crippen LogP contribution in [0.4, 0.5) is 9.18 Å². The number of benzene rings is 1. The third-order valence-electron chi connectivity index (χ3n) is 4.54. The van der Waals surface area contributed by atoms with Crippen molar-refractivity contribution in [3.8, 4) is 0 Å². The SMILES string of the molecule is CN1C(=O)C2C(SCC(N)=O)NC(c3cccc(F)c3)NC2N(C)C1=O. The van der Waals surface area contributed by atoms with Crippen molar-refractivity contribution < 1.29 is 18.8 Å². The maximum absolute atomic E-state index is 13.6. The molecule has 140 valence electrons. The molecule has 10 heteroatoms. The summed E-state index contributed by atoms with van der Waals surface area (Å²) in [7, 11) is 3.02. The Balaban J connectivity index is 1.93. The number of hydrogen-bond donors (Lipinski definition) is 3. The third-order valence-corrected chi connectivity index (χ3v) is 5.78. The normalized spacial score (nSPS) is 28.9. The molecule has 2 aliphatic heterocycles. The van der Waals surface area contributed by atoms with Gasteiger partial charge >= 0.3 is 6.03 Å². The number of nitrogens with two attached hydrogens (primary N) is 1. The highest BCUT2D eigenvalue weighted by Crippen LogP contribution is 2.34. The topological polar surface area (TPSA) is 108 Å². The van der Waals surface area contributed by atoms with E-state index < -0.39 is 41.4 Å². The molecule has 0 saturated carbocycles. The Morgan fingerprint density at radius 3 is 2.69 bits per heavy atom. The predicted molar refractivity (Wildman–Crippen MR) is 94.1 cm³/mol. The number of nitrogens with one attached hydrogen (secondary N) is 2. The second kappa shape index (κ2) is 7.22. The average Bonchev–Trinajstić information content (AvgIpc) is 2.62. The molecule has 0 radical (unpaired) electrons. The van der Waals surface area contributed by atoms with Crippen LogP contribution in [0.2, 0.25) is 0 Å². The van der Waals surface area contributed by atoms with Crippen LogP contribution in [-0.4, -0.2) is 59.0 Å². The minimum atomic E-state index is -0.614. The number of thioether (sulfide) groups is 1. The lowest BCUT2D eigenvalue weighted by Crippen LogP contribution is -2.72. The van der Waals surface area contributed by atoms with Crippen LogP contribution in [0.3, 0.4) is 0 Å². The zero-order valence-corrected chi connectivity index (χ0v) is 15.1. The molecule has 2 heterocycles. The summed E-state index contributed by atoms with van der Waals surface area (Å²) in [4.78, 5) is 38.7. The molecule has 2 saturated heterocycles. The molecule has 2 aliphatic rings. The van der Waals surface area contributed by atoms with Gasteiger partial charge in [-0.2, -0.15) is 0 Å². The molecule has 8 nitrogen and oxygen atoms in total. The second-order valence-corrected chi connectivity index (χ2v) is 7.41. The Labute approximate surface area is 154 Å². The smallest absolute Gasteiger partial charge is 0.327 e. The Bertz CT molecular complexity index is 748. The van der Waals surface area contributed by atoms with Crippen LogP contribution >= 0.6 is 11.8 Å². The number of amides is 4. The van der Waals surface area contributed by atoms with Crippen LogP contribution in [0, 0.1) is 11.7 Å². The van der Waals surface area contributed by atoms with Gasteiger partial charge in [0.05, 0.1) is 29.4 Å². The molecule has 1 aromatic carbocycles. The van der Waals surface area contributed by atoms with Crippen molar-refractivity contribution in [2.45, 2.75) is 17.7 Å². The summed E-state index contributed by atoms with van der Waals surface area (Å²) in [6.45, 7) is 0. The highest BCUT2D eigenvalue weighted by Gasteiger charge is 2.51. The first-order valence-corrected chi connectivity index (χ1v) is 9.06. The molecule has 26 heavy (non-hydrogen) atoms. The summed E-state index contributed by atoms with van der Waals surface area (Å²) < 4.78 is 13.6. The summed E-state index contributed by atoms with van der Waals surface area (Å²) in [6, 6.07) is 5.60. The van der Waals surface area contributed by atoms with E-state index in [9.17, 15) is 18.8 Å². The zero-order valence-electron chi connectivity index (χ0n) is 14.3. The summed E-state index contributed by atoms with van der Waals surface area (Å²) in [6.07, 6.45) is -1.09. The Morgan fingerprint density at radius 2 is 2.04 bits per heavy atom. The van der Waals surface area contributed by atoms with Crippen molar-refractivity contribution in [2.24, 2.45) is 11.7 Å². The fourth-order valence-electron chi connectivity index (χ4n) is 3.25. The Kier molecular flexibility index (Phi) is 5.17. The van der Waals surface area contributed by atoms with Gasteiger partial charge < -0.3 is 10.6 Å². The first-order chi connectivity index (χ1) is 12.3. The molecule has 3 rings (SSSR count). The van der Waals surface area contributed by atoms with E-state index in [2.05, 4.69) is 10.6 Å². The van der Waals surface area contributed by atoms with Crippen molar-refractivity contribution in [1.82, 2.24) is 20.4 Å². The molecule has 4 amide bonds. The lowest BCUT2D eigenvalue weighted by Gasteiger charge is -2.50. The second-order valence-electron chi connectivity index (χ2n) is 6.28. The predicted octanol–water partition coefficient (Wildman–Crippen LogP) is 0.0278. The van der Waals surface area contributed by atoms with Gasteiger partial charge in [-0.3, -0.25) is 25.1 Å². The van der Waals surface area contributed by atoms with Crippen LogP contribution in [0.25, 0.3) is 0 Å². The number of urea groups is 1. The van der Waals surface area contributed by atoms with Crippen LogP contribution in [0.15, 0.2) is 24.3 Å². The third kappa shape index (κ3) is 3.39. The average molecular weight is 381 g/mol. The van der Waals surface area contributed by atoms with Gasteiger partial charge in [0.15, 0.2) is 0 Å². The monoisotopic (exact) mass is 381 g/mol. The standard InChI is InChI=1S/C16H20FN5O3S/c1-21-13-11(15(24)22(2)16(21)25)14(26-7-10(18)23)20-12(19-13)8-4-3-5-9(17)6-8/h3-6,11-14,19-20H,7H2,1-2H3,(H2,18,23). The number of primary amides is 1. The van der Waals surface area contributed by atoms with Gasteiger partial charge in [-0.25, -0.2) is 9.18 Å². The fraction of sp³-hybridized carbons (Fsp3) is 0.438. The van der Waals surface area contributed by atoms with Crippen molar-refractivity contribution in [3.63, 3.8) is 0 Å². The maximum Gasteiger partial charge on any atom is 0.327 e. The van der Waals surface area contributed by atoms with Crippen molar-refractivity contribution in [1.29, 1.82) is 0 Å². The van der Waals surface area contributed by atoms with Gasteiger partial charge in [0.25, 0.3) is 0 Å². The lowest BCUT2D eigenvalue weighted by atomic mass is 9.96. The van der Waals surface area contributed by atoms with Gasteiger partial charge in [-0.1, -0.05) is 12.1 Å². The van der Waals surface area contributed by atoms with Crippen LogP contribution in [-0.2, 0) is 9.59 Å². The van der Waals surface area contributed by atoms with Crippen molar-refractivity contribution in [3.05, 3.63) is 35.6 Å². The summed E-state index contributed by atoms with van der Waals surface area (Å²) in [5, 5.41) is 5.95. The molecule has 0 aromatic heterocycles. The van der Waals surface area contributed by atoms with Crippen LogP contribution < -0.4 is 16.4 Å². The van der Waals surface area contributed by atoms with E-state index in [0.29, 0.717) is 5.56 Å². The summed E-state index contributed by atoms with van der Waals surface area (Å²) >= 11 is 1.20. The quantitative estimate of drug-likeness (QED) is 0.679. The zero-order chi connectivity index (χ0) is 19.0. The van der Waals surface area contributed by atoms with E-state index in [1.54, 1.807) is 19.2 Å². The summed E-state index contributed by atoms with van der Waals surface area (Å²) in [5.41, 5.74) is 5.87. The van der Waals surface area contributed by atoms with Crippen molar-refractivity contribution >= 4 is 29.6 Å². The van der Waals surface area contributed by atoms with E-state index in [-0.39, 0.29) is 11.7 Å². The minimum Gasteiger partial charge on any atom is -0.369 e. The number of nitrogens with zero attached hydrogens (tertiary/aromatic N) is 2. The fourth-order valence-corrected chi connectivity index (χ4v) is 4.30. The number of hydrogen-bond acceptors (Lipinski definition) is 6. The number of halogens is 1. The molecule has 0 spiro atoms. The van der Waals surface area contributed by atoms with Gasteiger partial charge in [-0.15, -0.1) is 11.8 Å². The molecule has 2 fully saturated rings. The molecular formula is C16H20FN5O3S. The van der Waals surface area contributed by atoms with Gasteiger partial charge in [0, 0.05) is 14.1 Å². The number of carbonyl (C=O) groups is 3. The first-order valence-electron chi connectivity index (χ1n) is 8.01. The number of fused-ring (bicyclic) bond motifs is 1. The lowest BCUT2D eigenvalue weighted by molar-refractivity contribution is -0.140. The molecule has 0 aliphatic carbocycles. The van der Waals surface area contributed by atoms with Crippen LogP contribution in [0.5, 0.6) is 0 Å². The molecule has 4 unspecified atom stereocenters. The Hall–Kier alpha value is -2.17. The number of carbonyl (C=O) groups excluding carboxylic acids is 3. The van der Waals surface area contributed by atoms with Gasteiger partial charge in [0.1, 0.15) is 5.82 Å². The molecule has 4 N–H and O–H groups in total. The number of rotatable bonds is 4. The maximum atomic E-state index is 13.6. The highest BCUT2D eigenvalue weighted by molar-refractivity contribution is 8.00. The van der Waals surface area contributed by atoms with Crippen molar-refractivity contribution in [2.75, 3.05) is 19.8 Å².